The summed E-state index contributed by atoms with van der Waals surface area (Å²) in [6, 6.07) is -0.947. The van der Waals surface area contributed by atoms with Crippen molar-refractivity contribution in [1.82, 2.24) is 5.32 Å². The molecule has 0 rings (SSSR count). The Morgan fingerprint density at radius 2 is 1.82 bits per heavy atom. The van der Waals surface area contributed by atoms with Crippen LogP contribution in [0.4, 0.5) is 4.79 Å². The van der Waals surface area contributed by atoms with Crippen molar-refractivity contribution in [3.8, 4) is 0 Å². The van der Waals surface area contributed by atoms with Crippen LogP contribution in [-0.2, 0) is 4.74 Å². The molecular formula is C12H23NO4-2. The lowest BCUT2D eigenvalue weighted by atomic mass is 10.0. The molecule has 1 N–H and O–H groups in total. The summed E-state index contributed by atoms with van der Waals surface area (Å²) in [6.45, 7) is 8.16. The van der Waals surface area contributed by atoms with Crippen LogP contribution < -0.4 is 15.5 Å². The van der Waals surface area contributed by atoms with Gasteiger partial charge < -0.3 is 20.3 Å². The van der Waals surface area contributed by atoms with Gasteiger partial charge in [0.1, 0.15) is 5.60 Å². The molecule has 102 valence electrons. The van der Waals surface area contributed by atoms with Crippen LogP contribution >= 0.6 is 0 Å². The molecular weight excluding hydrogens is 222 g/mol. The van der Waals surface area contributed by atoms with E-state index in [0.29, 0.717) is 6.42 Å². The number of carbonyl (C=O) groups is 1. The van der Waals surface area contributed by atoms with Gasteiger partial charge in [-0.1, -0.05) is 26.7 Å². The van der Waals surface area contributed by atoms with Crippen molar-refractivity contribution in [3.05, 3.63) is 0 Å². The van der Waals surface area contributed by atoms with Crippen LogP contribution in [-0.4, -0.2) is 23.5 Å². The molecule has 5 heteroatoms. The van der Waals surface area contributed by atoms with Gasteiger partial charge in [0.15, 0.2) is 0 Å². The standard InChI is InChI=1S/C12H23NO4/c1-6-7-8-9(12(5,15)16)13-10(14)17-11(2,3)4/h9H,6-8H2,1-5H3,(H,13,14)/q-2/t9-/m1/s1. The third-order valence-electron chi connectivity index (χ3n) is 2.17. The van der Waals surface area contributed by atoms with Crippen LogP contribution in [0.15, 0.2) is 0 Å². The van der Waals surface area contributed by atoms with E-state index in [1.807, 2.05) is 6.92 Å². The Morgan fingerprint density at radius 3 is 2.18 bits per heavy atom. The predicted octanol–water partition coefficient (Wildman–Crippen LogP) is 0.507. The summed E-state index contributed by atoms with van der Waals surface area (Å²) in [5.74, 6) is -2.44. The van der Waals surface area contributed by atoms with E-state index < -0.39 is 23.5 Å². The van der Waals surface area contributed by atoms with Crippen LogP contribution in [0.5, 0.6) is 0 Å². The quantitative estimate of drug-likeness (QED) is 0.715. The maximum absolute atomic E-state index is 11.5. The van der Waals surface area contributed by atoms with Gasteiger partial charge in [-0.3, -0.25) is 0 Å². The molecule has 0 aromatic rings. The molecule has 0 aliphatic heterocycles. The average Bonchev–Trinajstić information content (AvgIpc) is 2.07. The van der Waals surface area contributed by atoms with Crippen LogP contribution in [0.1, 0.15) is 53.9 Å². The van der Waals surface area contributed by atoms with Crippen molar-refractivity contribution in [1.29, 1.82) is 0 Å². The summed E-state index contributed by atoms with van der Waals surface area (Å²) >= 11 is 0. The Bertz CT molecular complexity index is 240. The smallest absolute Gasteiger partial charge is 0.407 e. The molecule has 0 spiro atoms. The largest absolute Gasteiger partial charge is 0.862 e. The first-order valence-electron chi connectivity index (χ1n) is 5.96. The number of carbonyl (C=O) groups excluding carboxylic acids is 1. The molecule has 1 amide bonds. The van der Waals surface area contributed by atoms with E-state index in [2.05, 4.69) is 5.32 Å². The summed E-state index contributed by atoms with van der Waals surface area (Å²) in [7, 11) is 0. The van der Waals surface area contributed by atoms with Gasteiger partial charge in [0.25, 0.3) is 0 Å². The molecule has 0 bridgehead atoms. The number of ether oxygens (including phenoxy) is 1. The summed E-state index contributed by atoms with van der Waals surface area (Å²) in [6.07, 6.45) is 1.25. The van der Waals surface area contributed by atoms with Crippen molar-refractivity contribution in [2.24, 2.45) is 0 Å². The van der Waals surface area contributed by atoms with Gasteiger partial charge in [0.2, 0.25) is 0 Å². The number of nitrogens with one attached hydrogen (secondary N) is 1. The van der Waals surface area contributed by atoms with E-state index in [-0.39, 0.29) is 0 Å². The van der Waals surface area contributed by atoms with Gasteiger partial charge in [-0.15, -0.1) is 0 Å². The van der Waals surface area contributed by atoms with Crippen LogP contribution in [0.2, 0.25) is 0 Å². The third kappa shape index (κ3) is 7.99. The Morgan fingerprint density at radius 1 is 1.29 bits per heavy atom. The summed E-state index contributed by atoms with van der Waals surface area (Å²) in [4.78, 5) is 11.5. The fourth-order valence-corrected chi connectivity index (χ4v) is 1.32. The molecule has 0 radical (unpaired) electrons. The molecule has 0 saturated carbocycles. The summed E-state index contributed by atoms with van der Waals surface area (Å²) < 4.78 is 5.02. The van der Waals surface area contributed by atoms with Gasteiger partial charge in [0.05, 0.1) is 0 Å². The van der Waals surface area contributed by atoms with Crippen molar-refractivity contribution in [3.63, 3.8) is 0 Å². The van der Waals surface area contributed by atoms with E-state index in [0.717, 1.165) is 19.8 Å². The van der Waals surface area contributed by atoms with Crippen molar-refractivity contribution in [2.75, 3.05) is 0 Å². The lowest BCUT2D eigenvalue weighted by Gasteiger charge is -2.51. The minimum Gasteiger partial charge on any atom is -0.862 e. The number of alkyl carbamates (subject to hydrolysis) is 1. The average molecular weight is 245 g/mol. The number of hydrogen-bond acceptors (Lipinski definition) is 4. The van der Waals surface area contributed by atoms with E-state index >= 15 is 0 Å². The Labute approximate surface area is 103 Å². The maximum atomic E-state index is 11.5. The fraction of sp³-hybridized carbons (Fsp3) is 0.917. The monoisotopic (exact) mass is 245 g/mol. The zero-order valence-corrected chi connectivity index (χ0v) is 11.3. The fourth-order valence-electron chi connectivity index (χ4n) is 1.32. The zero-order chi connectivity index (χ0) is 13.7. The first kappa shape index (κ1) is 16.2. The van der Waals surface area contributed by atoms with Gasteiger partial charge in [-0.2, -0.15) is 5.79 Å². The molecule has 0 aromatic carbocycles. The Kier molecular flexibility index (Phi) is 5.92. The second-order valence-electron chi connectivity index (χ2n) is 5.36. The Hall–Kier alpha value is -0.810. The minimum atomic E-state index is -2.44. The predicted molar refractivity (Wildman–Crippen MR) is 61.1 cm³/mol. The highest BCUT2D eigenvalue weighted by molar-refractivity contribution is 5.68. The van der Waals surface area contributed by atoms with Crippen molar-refractivity contribution in [2.45, 2.75) is 71.3 Å². The molecule has 1 atom stereocenters. The van der Waals surface area contributed by atoms with Crippen LogP contribution in [0, 0.1) is 0 Å². The second-order valence-corrected chi connectivity index (χ2v) is 5.36. The molecule has 0 saturated heterocycles. The molecule has 0 heterocycles. The molecule has 0 aliphatic rings. The molecule has 0 unspecified atom stereocenters. The SMILES string of the molecule is CCCC[C@@H](NC(=O)OC(C)(C)C)C(C)([O-])[O-]. The highest BCUT2D eigenvalue weighted by Crippen LogP contribution is 2.11. The summed E-state index contributed by atoms with van der Waals surface area (Å²) in [5.41, 5.74) is -0.637. The van der Waals surface area contributed by atoms with Crippen molar-refractivity contribution >= 4 is 6.09 Å². The maximum Gasteiger partial charge on any atom is 0.407 e. The first-order chi connectivity index (χ1) is 7.56. The minimum absolute atomic E-state index is 0.374. The third-order valence-corrected chi connectivity index (χ3v) is 2.17. The lowest BCUT2D eigenvalue weighted by Crippen LogP contribution is -2.67. The van der Waals surface area contributed by atoms with Crippen LogP contribution in [0.3, 0.4) is 0 Å². The molecule has 17 heavy (non-hydrogen) atoms. The van der Waals surface area contributed by atoms with Crippen LogP contribution in [0.25, 0.3) is 0 Å². The van der Waals surface area contributed by atoms with Gasteiger partial charge in [-0.05, 0) is 27.2 Å². The number of amides is 1. The van der Waals surface area contributed by atoms with Gasteiger partial charge in [-0.25, -0.2) is 4.79 Å². The molecule has 5 nitrogen and oxygen atoms in total. The highest BCUT2D eigenvalue weighted by Gasteiger charge is 2.20. The first-order valence-corrected chi connectivity index (χ1v) is 5.96. The van der Waals surface area contributed by atoms with Crippen molar-refractivity contribution < 1.29 is 19.7 Å². The highest BCUT2D eigenvalue weighted by atomic mass is 16.6. The Balaban J connectivity index is 4.39. The van der Waals surface area contributed by atoms with E-state index in [1.165, 1.54) is 0 Å². The number of rotatable bonds is 5. The van der Waals surface area contributed by atoms with E-state index in [1.54, 1.807) is 20.8 Å². The molecule has 0 aromatic heterocycles. The molecule has 0 fully saturated rings. The molecule has 0 aliphatic carbocycles. The van der Waals surface area contributed by atoms with Gasteiger partial charge >= 0.3 is 6.09 Å². The number of unbranched alkanes of at least 4 members (excludes halogenated alkanes) is 1. The van der Waals surface area contributed by atoms with Gasteiger partial charge in [0, 0.05) is 6.04 Å². The summed E-state index contributed by atoms with van der Waals surface area (Å²) in [5, 5.41) is 25.1. The second kappa shape index (κ2) is 6.21. The topological polar surface area (TPSA) is 84.5 Å². The number of hydrogen-bond donors (Lipinski definition) is 1. The van der Waals surface area contributed by atoms with E-state index in [9.17, 15) is 15.0 Å². The lowest BCUT2D eigenvalue weighted by molar-refractivity contribution is -0.719. The van der Waals surface area contributed by atoms with E-state index in [4.69, 9.17) is 4.74 Å². The normalized spacial score (nSPS) is 14.3. The zero-order valence-electron chi connectivity index (χ0n) is 11.3.